The van der Waals surface area contributed by atoms with Crippen molar-refractivity contribution in [3.05, 3.63) is 75.1 Å². The molecule has 3 aromatic rings. The molecule has 0 atom stereocenters. The van der Waals surface area contributed by atoms with Crippen molar-refractivity contribution in [2.45, 2.75) is 6.61 Å². The van der Waals surface area contributed by atoms with E-state index in [-0.39, 0.29) is 11.1 Å². The molecule has 0 saturated heterocycles. The highest BCUT2D eigenvalue weighted by atomic mass is 35.5. The summed E-state index contributed by atoms with van der Waals surface area (Å²) >= 11 is 11.5. The highest BCUT2D eigenvalue weighted by molar-refractivity contribution is 6.67. The monoisotopic (exact) mass is 348 g/mol. The van der Waals surface area contributed by atoms with Crippen LogP contribution in [0.4, 0.5) is 0 Å². The van der Waals surface area contributed by atoms with Gasteiger partial charge in [0.2, 0.25) is 0 Å². The van der Waals surface area contributed by atoms with E-state index in [9.17, 15) is 9.59 Å². The molecule has 0 bridgehead atoms. The lowest BCUT2D eigenvalue weighted by Crippen LogP contribution is -2.09. The topological polar surface area (TPSA) is 56.5 Å². The second kappa shape index (κ2) is 6.44. The van der Waals surface area contributed by atoms with Gasteiger partial charge < -0.3 is 9.15 Å². The molecule has 3 rings (SSSR count). The molecule has 0 fully saturated rings. The van der Waals surface area contributed by atoms with Gasteiger partial charge in [-0.25, -0.2) is 4.79 Å². The Kier molecular flexibility index (Phi) is 4.37. The summed E-state index contributed by atoms with van der Waals surface area (Å²) in [6.07, 6.45) is 0. The maximum atomic E-state index is 11.7. The fraction of sp³-hybridized carbons (Fsp3) is 0.0588. The standard InChI is InChI=1S/C17H10Cl2O4/c18-13-7-11-6-12(16(19)20)17(21)23-14(11)8-15(13)22-9-10-4-2-1-3-5-10/h1-8H,9H2. The van der Waals surface area contributed by atoms with E-state index in [4.69, 9.17) is 32.4 Å². The second-order valence-electron chi connectivity index (χ2n) is 4.82. The Hall–Kier alpha value is -2.30. The first-order valence-electron chi connectivity index (χ1n) is 6.68. The molecule has 0 unspecified atom stereocenters. The zero-order chi connectivity index (χ0) is 16.4. The summed E-state index contributed by atoms with van der Waals surface area (Å²) in [6.45, 7) is 0.328. The predicted molar refractivity (Wildman–Crippen MR) is 88.5 cm³/mol. The minimum Gasteiger partial charge on any atom is -0.487 e. The van der Waals surface area contributed by atoms with Gasteiger partial charge in [-0.05, 0) is 29.3 Å². The Balaban J connectivity index is 1.96. The number of hydrogen-bond donors (Lipinski definition) is 0. The third-order valence-electron chi connectivity index (χ3n) is 3.24. The minimum atomic E-state index is -0.874. The lowest BCUT2D eigenvalue weighted by atomic mass is 10.2. The highest BCUT2D eigenvalue weighted by Gasteiger charge is 2.13. The van der Waals surface area contributed by atoms with Crippen molar-refractivity contribution in [1.82, 2.24) is 0 Å². The molecule has 0 aliphatic heterocycles. The van der Waals surface area contributed by atoms with Gasteiger partial charge in [0.1, 0.15) is 23.5 Å². The van der Waals surface area contributed by atoms with Crippen LogP contribution >= 0.6 is 23.2 Å². The molecular weight excluding hydrogens is 339 g/mol. The zero-order valence-corrected chi connectivity index (χ0v) is 13.2. The molecule has 23 heavy (non-hydrogen) atoms. The number of hydrogen-bond acceptors (Lipinski definition) is 4. The van der Waals surface area contributed by atoms with Gasteiger partial charge in [-0.2, -0.15) is 0 Å². The first kappa shape index (κ1) is 15.6. The number of carbonyl (C=O) groups excluding carboxylic acids is 1. The average molecular weight is 349 g/mol. The summed E-state index contributed by atoms with van der Waals surface area (Å²) in [5.41, 5.74) is 0.222. The van der Waals surface area contributed by atoms with E-state index in [2.05, 4.69) is 0 Å². The van der Waals surface area contributed by atoms with Gasteiger partial charge in [-0.3, -0.25) is 4.79 Å². The quantitative estimate of drug-likeness (QED) is 0.517. The Morgan fingerprint density at radius 2 is 1.87 bits per heavy atom. The van der Waals surface area contributed by atoms with Crippen molar-refractivity contribution in [3.63, 3.8) is 0 Å². The fourth-order valence-corrected chi connectivity index (χ4v) is 2.46. The SMILES string of the molecule is O=C(Cl)c1cc2cc(Cl)c(OCc3ccccc3)cc2oc1=O. The first-order chi connectivity index (χ1) is 11.0. The van der Waals surface area contributed by atoms with Crippen LogP contribution in [0.15, 0.2) is 57.7 Å². The van der Waals surface area contributed by atoms with Gasteiger partial charge >= 0.3 is 5.63 Å². The van der Waals surface area contributed by atoms with E-state index in [0.29, 0.717) is 22.8 Å². The number of carbonyl (C=O) groups is 1. The van der Waals surface area contributed by atoms with Crippen molar-refractivity contribution in [2.75, 3.05) is 0 Å². The van der Waals surface area contributed by atoms with Crippen molar-refractivity contribution in [2.24, 2.45) is 0 Å². The van der Waals surface area contributed by atoms with Crippen LogP contribution in [-0.4, -0.2) is 5.24 Å². The predicted octanol–water partition coefficient (Wildman–Crippen LogP) is 4.40. The van der Waals surface area contributed by atoms with Crippen LogP contribution in [0.5, 0.6) is 5.75 Å². The maximum absolute atomic E-state index is 11.7. The van der Waals surface area contributed by atoms with Gasteiger partial charge in [-0.1, -0.05) is 41.9 Å². The molecule has 2 aromatic carbocycles. The first-order valence-corrected chi connectivity index (χ1v) is 7.44. The molecule has 0 aliphatic carbocycles. The van der Waals surface area contributed by atoms with Gasteiger partial charge in [-0.15, -0.1) is 0 Å². The summed E-state index contributed by atoms with van der Waals surface area (Å²) in [7, 11) is 0. The van der Waals surface area contributed by atoms with E-state index >= 15 is 0 Å². The van der Waals surface area contributed by atoms with Crippen LogP contribution in [-0.2, 0) is 6.61 Å². The van der Waals surface area contributed by atoms with E-state index in [1.165, 1.54) is 12.1 Å². The molecule has 4 nitrogen and oxygen atoms in total. The van der Waals surface area contributed by atoms with Crippen LogP contribution in [0.2, 0.25) is 5.02 Å². The second-order valence-corrected chi connectivity index (χ2v) is 5.57. The largest absolute Gasteiger partial charge is 0.487 e. The van der Waals surface area contributed by atoms with Crippen LogP contribution < -0.4 is 10.4 Å². The highest BCUT2D eigenvalue weighted by Crippen LogP contribution is 2.30. The van der Waals surface area contributed by atoms with Gasteiger partial charge in [0, 0.05) is 11.5 Å². The molecule has 0 spiro atoms. The van der Waals surface area contributed by atoms with Gasteiger partial charge in [0.25, 0.3) is 5.24 Å². The molecular formula is C17H10Cl2O4. The van der Waals surface area contributed by atoms with Crippen LogP contribution in [0, 0.1) is 0 Å². The smallest absolute Gasteiger partial charge is 0.348 e. The third-order valence-corrected chi connectivity index (χ3v) is 3.73. The molecule has 0 aliphatic rings. The van der Waals surface area contributed by atoms with E-state index < -0.39 is 10.9 Å². The van der Waals surface area contributed by atoms with E-state index in [1.54, 1.807) is 6.07 Å². The van der Waals surface area contributed by atoms with Crippen molar-refractivity contribution in [3.8, 4) is 5.75 Å². The van der Waals surface area contributed by atoms with E-state index in [0.717, 1.165) is 5.56 Å². The summed E-state index contributed by atoms with van der Waals surface area (Å²) in [6, 6.07) is 14.0. The van der Waals surface area contributed by atoms with Crippen LogP contribution in [0.1, 0.15) is 15.9 Å². The molecule has 1 aromatic heterocycles. The van der Waals surface area contributed by atoms with E-state index in [1.807, 2.05) is 30.3 Å². The van der Waals surface area contributed by atoms with Crippen LogP contribution in [0.3, 0.4) is 0 Å². The number of fused-ring (bicyclic) bond motifs is 1. The molecule has 0 saturated carbocycles. The third kappa shape index (κ3) is 3.38. The van der Waals surface area contributed by atoms with Crippen molar-refractivity contribution < 1.29 is 13.9 Å². The van der Waals surface area contributed by atoms with Gasteiger partial charge in [0.15, 0.2) is 0 Å². The number of ether oxygens (including phenoxy) is 1. The summed E-state index contributed by atoms with van der Waals surface area (Å²) in [5, 5.41) is -0.0397. The Morgan fingerprint density at radius 1 is 1.13 bits per heavy atom. The summed E-state index contributed by atoms with van der Waals surface area (Å²) < 4.78 is 10.8. The molecule has 1 heterocycles. The maximum Gasteiger partial charge on any atom is 0.348 e. The lowest BCUT2D eigenvalue weighted by Gasteiger charge is -2.09. The normalized spacial score (nSPS) is 10.7. The van der Waals surface area contributed by atoms with Crippen molar-refractivity contribution in [1.29, 1.82) is 0 Å². The minimum absolute atomic E-state index is 0.229. The van der Waals surface area contributed by atoms with Crippen LogP contribution in [0.25, 0.3) is 11.0 Å². The zero-order valence-electron chi connectivity index (χ0n) is 11.7. The lowest BCUT2D eigenvalue weighted by molar-refractivity contribution is 0.107. The molecule has 0 radical (unpaired) electrons. The summed E-state index contributed by atoms with van der Waals surface area (Å²) in [5.74, 6) is 0.385. The molecule has 0 amide bonds. The van der Waals surface area contributed by atoms with Crippen molar-refractivity contribution >= 4 is 39.4 Å². The fourth-order valence-electron chi connectivity index (χ4n) is 2.10. The molecule has 6 heteroatoms. The summed E-state index contributed by atoms with van der Waals surface area (Å²) in [4.78, 5) is 22.9. The Bertz CT molecular complexity index is 932. The Labute approximate surface area is 141 Å². The number of benzene rings is 2. The van der Waals surface area contributed by atoms with Gasteiger partial charge in [0.05, 0.1) is 5.02 Å². The molecule has 0 N–H and O–H groups in total. The molecule has 116 valence electrons. The average Bonchev–Trinajstić information content (AvgIpc) is 2.53. The number of rotatable bonds is 4. The number of halogens is 2. The Morgan fingerprint density at radius 3 is 2.57 bits per heavy atom.